The Morgan fingerprint density at radius 3 is 2.52 bits per heavy atom. The summed E-state index contributed by atoms with van der Waals surface area (Å²) in [6.45, 7) is 6.20. The van der Waals surface area contributed by atoms with Crippen LogP contribution in [0.15, 0.2) is 53.4 Å². The van der Waals surface area contributed by atoms with Crippen LogP contribution in [0.5, 0.6) is 5.75 Å². The molecule has 1 N–H and O–H groups in total. The number of sulfonamides is 1. The zero-order valence-corrected chi connectivity index (χ0v) is 16.9. The molecule has 0 heterocycles. The van der Waals surface area contributed by atoms with Gasteiger partial charge >= 0.3 is 0 Å². The fraction of sp³-hybridized carbons (Fsp3) is 0.350. The summed E-state index contributed by atoms with van der Waals surface area (Å²) in [5.74, 6) is 0.404. The molecule has 0 aliphatic rings. The van der Waals surface area contributed by atoms with Gasteiger partial charge in [-0.2, -0.15) is 4.31 Å². The minimum atomic E-state index is -3.63. The molecule has 0 aliphatic heterocycles. The van der Waals surface area contributed by atoms with Gasteiger partial charge in [-0.05, 0) is 56.7 Å². The summed E-state index contributed by atoms with van der Waals surface area (Å²) in [6.07, 6.45) is 0. The molecule has 0 fully saturated rings. The van der Waals surface area contributed by atoms with Gasteiger partial charge in [-0.25, -0.2) is 8.42 Å². The summed E-state index contributed by atoms with van der Waals surface area (Å²) < 4.78 is 32.0. The number of nitrogens with zero attached hydrogens (tertiary/aromatic N) is 1. The Balaban J connectivity index is 1.97. The third-order valence-electron chi connectivity index (χ3n) is 4.15. The maximum Gasteiger partial charge on any atom is 0.251 e. The molecule has 1 amide bonds. The molecule has 146 valence electrons. The molecule has 0 unspecified atom stereocenters. The van der Waals surface area contributed by atoms with Crippen molar-refractivity contribution in [2.24, 2.45) is 0 Å². The van der Waals surface area contributed by atoms with E-state index in [9.17, 15) is 13.2 Å². The second kappa shape index (κ2) is 9.01. The smallest absolute Gasteiger partial charge is 0.251 e. The van der Waals surface area contributed by atoms with Crippen LogP contribution < -0.4 is 10.1 Å². The van der Waals surface area contributed by atoms with E-state index in [2.05, 4.69) is 5.32 Å². The van der Waals surface area contributed by atoms with E-state index in [1.54, 1.807) is 26.0 Å². The average molecular weight is 391 g/mol. The zero-order chi connectivity index (χ0) is 20.0. The molecule has 2 aromatic carbocycles. The molecule has 27 heavy (non-hydrogen) atoms. The summed E-state index contributed by atoms with van der Waals surface area (Å²) in [5.41, 5.74) is 1.39. The maximum absolute atomic E-state index is 12.6. The van der Waals surface area contributed by atoms with Crippen molar-refractivity contribution in [2.75, 3.05) is 20.2 Å². The van der Waals surface area contributed by atoms with Gasteiger partial charge in [-0.15, -0.1) is 0 Å². The SMILES string of the molecule is Cc1cccc(OCCNC(=O)c2cccc(S(=O)(=O)N(C)C(C)C)c2)c1. The molecule has 0 saturated carbocycles. The van der Waals surface area contributed by atoms with Gasteiger partial charge in [0.2, 0.25) is 10.0 Å². The topological polar surface area (TPSA) is 75.7 Å². The van der Waals surface area contributed by atoms with Crippen molar-refractivity contribution in [1.29, 1.82) is 0 Å². The fourth-order valence-electron chi connectivity index (χ4n) is 2.38. The lowest BCUT2D eigenvalue weighted by Crippen LogP contribution is -2.33. The zero-order valence-electron chi connectivity index (χ0n) is 16.1. The highest BCUT2D eigenvalue weighted by Gasteiger charge is 2.23. The van der Waals surface area contributed by atoms with Gasteiger partial charge in [0.25, 0.3) is 5.91 Å². The fourth-order valence-corrected chi connectivity index (χ4v) is 3.80. The number of carbonyl (C=O) groups is 1. The molecule has 0 radical (unpaired) electrons. The van der Waals surface area contributed by atoms with Crippen LogP contribution in [-0.2, 0) is 10.0 Å². The van der Waals surface area contributed by atoms with Crippen molar-refractivity contribution >= 4 is 15.9 Å². The van der Waals surface area contributed by atoms with Crippen LogP contribution in [0.4, 0.5) is 0 Å². The first kappa shape index (κ1) is 20.9. The van der Waals surface area contributed by atoms with Crippen LogP contribution in [0.1, 0.15) is 29.8 Å². The Kier molecular flexibility index (Phi) is 6.98. The Morgan fingerprint density at radius 1 is 1.15 bits per heavy atom. The van der Waals surface area contributed by atoms with Gasteiger partial charge in [0.15, 0.2) is 0 Å². The molecule has 0 aromatic heterocycles. The molecular formula is C20H26N2O4S. The largest absolute Gasteiger partial charge is 0.492 e. The van der Waals surface area contributed by atoms with E-state index in [0.29, 0.717) is 18.7 Å². The molecule has 2 aromatic rings. The molecule has 0 atom stereocenters. The normalized spacial score (nSPS) is 11.6. The lowest BCUT2D eigenvalue weighted by molar-refractivity contribution is 0.0946. The van der Waals surface area contributed by atoms with E-state index in [0.717, 1.165) is 11.3 Å². The minimum absolute atomic E-state index is 0.0994. The van der Waals surface area contributed by atoms with Gasteiger partial charge in [0.05, 0.1) is 11.4 Å². The van der Waals surface area contributed by atoms with E-state index in [-0.39, 0.29) is 16.8 Å². The number of aryl methyl sites for hydroxylation is 1. The van der Waals surface area contributed by atoms with Crippen molar-refractivity contribution in [3.05, 3.63) is 59.7 Å². The van der Waals surface area contributed by atoms with Crippen molar-refractivity contribution in [1.82, 2.24) is 9.62 Å². The lowest BCUT2D eigenvalue weighted by atomic mass is 10.2. The number of nitrogens with one attached hydrogen (secondary N) is 1. The Hall–Kier alpha value is -2.38. The summed E-state index contributed by atoms with van der Waals surface area (Å²) in [5, 5.41) is 2.74. The maximum atomic E-state index is 12.6. The lowest BCUT2D eigenvalue weighted by Gasteiger charge is -2.21. The number of hydrogen-bond acceptors (Lipinski definition) is 4. The van der Waals surface area contributed by atoms with Crippen LogP contribution in [0, 0.1) is 6.92 Å². The molecule has 2 rings (SSSR count). The summed E-state index contributed by atoms with van der Waals surface area (Å²) in [4.78, 5) is 12.4. The van der Waals surface area contributed by atoms with Crippen LogP contribution >= 0.6 is 0 Å². The summed E-state index contributed by atoms with van der Waals surface area (Å²) in [7, 11) is -2.11. The van der Waals surface area contributed by atoms with Crippen molar-refractivity contribution in [2.45, 2.75) is 31.7 Å². The molecule has 0 aliphatic carbocycles. The Bertz CT molecular complexity index is 894. The van der Waals surface area contributed by atoms with Crippen LogP contribution in [-0.4, -0.2) is 44.9 Å². The van der Waals surface area contributed by atoms with Crippen LogP contribution in [0.3, 0.4) is 0 Å². The number of amides is 1. The molecule has 0 spiro atoms. The van der Waals surface area contributed by atoms with E-state index < -0.39 is 10.0 Å². The van der Waals surface area contributed by atoms with Crippen molar-refractivity contribution in [3.8, 4) is 5.75 Å². The summed E-state index contributed by atoms with van der Waals surface area (Å²) in [6, 6.07) is 13.5. The van der Waals surface area contributed by atoms with Gasteiger partial charge in [0.1, 0.15) is 12.4 Å². The van der Waals surface area contributed by atoms with E-state index in [4.69, 9.17) is 4.74 Å². The van der Waals surface area contributed by atoms with E-state index in [1.165, 1.54) is 23.5 Å². The summed E-state index contributed by atoms with van der Waals surface area (Å²) >= 11 is 0. The minimum Gasteiger partial charge on any atom is -0.492 e. The van der Waals surface area contributed by atoms with Gasteiger partial charge in [0, 0.05) is 18.7 Å². The molecule has 7 heteroatoms. The first-order valence-corrected chi connectivity index (χ1v) is 10.2. The standard InChI is InChI=1S/C20H26N2O4S/c1-15(2)22(4)27(24,25)19-10-6-8-17(14-19)20(23)21-11-12-26-18-9-5-7-16(3)13-18/h5-10,13-15H,11-12H2,1-4H3,(H,21,23). The third-order valence-corrected chi connectivity index (χ3v) is 6.18. The van der Waals surface area contributed by atoms with Gasteiger partial charge in [-0.3, -0.25) is 4.79 Å². The second-order valence-electron chi connectivity index (χ2n) is 6.56. The Morgan fingerprint density at radius 2 is 1.85 bits per heavy atom. The molecule has 0 saturated heterocycles. The number of carbonyl (C=O) groups excluding carboxylic acids is 1. The van der Waals surface area contributed by atoms with Gasteiger partial charge in [-0.1, -0.05) is 18.2 Å². The van der Waals surface area contributed by atoms with Gasteiger partial charge < -0.3 is 10.1 Å². The average Bonchev–Trinajstić information content (AvgIpc) is 2.64. The number of rotatable bonds is 8. The highest BCUT2D eigenvalue weighted by atomic mass is 32.2. The van der Waals surface area contributed by atoms with Crippen LogP contribution in [0.25, 0.3) is 0 Å². The second-order valence-corrected chi connectivity index (χ2v) is 8.56. The third kappa shape index (κ3) is 5.55. The first-order chi connectivity index (χ1) is 12.7. The Labute approximate surface area is 161 Å². The van der Waals surface area contributed by atoms with Crippen molar-refractivity contribution < 1.29 is 17.9 Å². The molecular weight excluding hydrogens is 364 g/mol. The monoisotopic (exact) mass is 390 g/mol. The predicted octanol–water partition coefficient (Wildman–Crippen LogP) is 2.83. The van der Waals surface area contributed by atoms with Crippen molar-refractivity contribution in [3.63, 3.8) is 0 Å². The first-order valence-electron chi connectivity index (χ1n) is 8.77. The highest BCUT2D eigenvalue weighted by molar-refractivity contribution is 7.89. The molecule has 6 nitrogen and oxygen atoms in total. The van der Waals surface area contributed by atoms with Crippen LogP contribution in [0.2, 0.25) is 0 Å². The van der Waals surface area contributed by atoms with E-state index >= 15 is 0 Å². The highest BCUT2D eigenvalue weighted by Crippen LogP contribution is 2.18. The number of benzene rings is 2. The number of hydrogen-bond donors (Lipinski definition) is 1. The van der Waals surface area contributed by atoms with E-state index in [1.807, 2.05) is 31.2 Å². The molecule has 0 bridgehead atoms. The number of ether oxygens (including phenoxy) is 1. The quantitative estimate of drug-likeness (QED) is 0.703. The predicted molar refractivity (Wildman–Crippen MR) is 106 cm³/mol.